The van der Waals surface area contributed by atoms with E-state index < -0.39 is 28.9 Å². The molecule has 0 saturated carbocycles. The molecule has 1 amide bonds. The first kappa shape index (κ1) is 21.9. The zero-order valence-electron chi connectivity index (χ0n) is 17.6. The third-order valence-corrected chi connectivity index (χ3v) is 5.01. The maximum Gasteiger partial charge on any atom is 0.307 e. The Kier molecular flexibility index (Phi) is 5.78. The summed E-state index contributed by atoms with van der Waals surface area (Å²) in [4.78, 5) is 33.3. The van der Waals surface area contributed by atoms with Crippen molar-refractivity contribution >= 4 is 17.1 Å². The zero-order chi connectivity index (χ0) is 23.7. The van der Waals surface area contributed by atoms with E-state index in [-0.39, 0.29) is 41.2 Å². The summed E-state index contributed by atoms with van der Waals surface area (Å²) >= 11 is 0. The Labute approximate surface area is 185 Å². The molecule has 4 aromatic rings. The number of rotatable bonds is 6. The van der Waals surface area contributed by atoms with E-state index >= 15 is 0 Å². The Morgan fingerprint density at radius 1 is 1.21 bits per heavy atom. The number of aryl methyl sites for hydroxylation is 1. The predicted octanol–water partition coefficient (Wildman–Crippen LogP) is 2.43. The molecule has 11 heteroatoms. The van der Waals surface area contributed by atoms with E-state index in [1.165, 1.54) is 26.4 Å². The van der Waals surface area contributed by atoms with Crippen molar-refractivity contribution in [2.45, 2.75) is 13.0 Å². The first-order chi connectivity index (χ1) is 15.8. The SMILES string of the molecule is COc1cc(CNC(=O)c2nc3c(O)c(Cc4ccc(F)c(F)c4)c(=O)n(C)c3o2)ccn1. The number of aromatic nitrogens is 3. The molecule has 0 atom stereocenters. The molecule has 4 rings (SSSR count). The average molecular weight is 456 g/mol. The van der Waals surface area contributed by atoms with E-state index in [0.717, 1.165) is 22.3 Å². The molecule has 0 spiro atoms. The number of nitrogens with zero attached hydrogens (tertiary/aromatic N) is 3. The molecule has 0 bridgehead atoms. The average Bonchev–Trinajstić information content (AvgIpc) is 3.27. The minimum atomic E-state index is -1.07. The van der Waals surface area contributed by atoms with Crippen LogP contribution < -0.4 is 15.6 Å². The van der Waals surface area contributed by atoms with Crippen molar-refractivity contribution in [3.63, 3.8) is 0 Å². The Morgan fingerprint density at radius 2 is 2.00 bits per heavy atom. The molecule has 0 fully saturated rings. The molecular weight excluding hydrogens is 438 g/mol. The van der Waals surface area contributed by atoms with Crippen LogP contribution in [0, 0.1) is 11.6 Å². The third kappa shape index (κ3) is 4.25. The van der Waals surface area contributed by atoms with Crippen molar-refractivity contribution in [1.82, 2.24) is 19.9 Å². The minimum absolute atomic E-state index is 0.0971. The number of carbonyl (C=O) groups excluding carboxylic acids is 1. The molecule has 3 heterocycles. The number of methoxy groups -OCH3 is 1. The number of fused-ring (bicyclic) bond motifs is 1. The van der Waals surface area contributed by atoms with Gasteiger partial charge in [0.1, 0.15) is 0 Å². The number of aromatic hydroxyl groups is 1. The van der Waals surface area contributed by atoms with Crippen LogP contribution in [0.3, 0.4) is 0 Å². The van der Waals surface area contributed by atoms with Crippen molar-refractivity contribution in [3.05, 3.63) is 81.1 Å². The number of ether oxygens (including phenoxy) is 1. The fraction of sp³-hybridized carbons (Fsp3) is 0.182. The van der Waals surface area contributed by atoms with E-state index in [1.54, 1.807) is 12.1 Å². The van der Waals surface area contributed by atoms with Gasteiger partial charge in [-0.25, -0.2) is 13.8 Å². The minimum Gasteiger partial charge on any atom is -0.505 e. The Hall–Kier alpha value is -4.28. The summed E-state index contributed by atoms with van der Waals surface area (Å²) in [6.45, 7) is 0.128. The van der Waals surface area contributed by atoms with Gasteiger partial charge in [-0.1, -0.05) is 6.07 Å². The quantitative estimate of drug-likeness (QED) is 0.457. The summed E-state index contributed by atoms with van der Waals surface area (Å²) < 4.78 is 38.3. The van der Waals surface area contributed by atoms with E-state index in [1.807, 2.05) is 0 Å². The van der Waals surface area contributed by atoms with E-state index in [4.69, 9.17) is 9.15 Å². The van der Waals surface area contributed by atoms with Crippen molar-refractivity contribution < 1.29 is 27.8 Å². The largest absolute Gasteiger partial charge is 0.505 e. The highest BCUT2D eigenvalue weighted by atomic mass is 19.2. The molecule has 0 aliphatic heterocycles. The summed E-state index contributed by atoms with van der Waals surface area (Å²) in [7, 11) is 2.86. The van der Waals surface area contributed by atoms with Crippen LogP contribution in [0.5, 0.6) is 11.6 Å². The highest BCUT2D eigenvalue weighted by Crippen LogP contribution is 2.28. The molecule has 1 aromatic carbocycles. The number of carbonyl (C=O) groups is 1. The maximum atomic E-state index is 13.5. The second kappa shape index (κ2) is 8.69. The fourth-order valence-electron chi connectivity index (χ4n) is 3.27. The first-order valence-electron chi connectivity index (χ1n) is 9.71. The normalized spacial score (nSPS) is 11.0. The summed E-state index contributed by atoms with van der Waals surface area (Å²) in [5, 5.41) is 13.3. The van der Waals surface area contributed by atoms with Gasteiger partial charge in [0.2, 0.25) is 11.6 Å². The van der Waals surface area contributed by atoms with Gasteiger partial charge >= 0.3 is 5.91 Å². The van der Waals surface area contributed by atoms with E-state index in [2.05, 4.69) is 15.3 Å². The van der Waals surface area contributed by atoms with Crippen LogP contribution in [0.1, 0.15) is 27.4 Å². The van der Waals surface area contributed by atoms with Crippen LogP contribution in [-0.4, -0.2) is 32.7 Å². The molecule has 0 saturated heterocycles. The second-order valence-corrected chi connectivity index (χ2v) is 7.18. The second-order valence-electron chi connectivity index (χ2n) is 7.18. The van der Waals surface area contributed by atoms with E-state index in [9.17, 15) is 23.5 Å². The molecule has 2 N–H and O–H groups in total. The number of pyridine rings is 2. The lowest BCUT2D eigenvalue weighted by atomic mass is 10.0. The standard InChI is InChI=1S/C22H18F2N4O5/c1-28-21(31)13(7-11-3-4-14(23)15(24)8-11)18(29)17-22(28)33-20(27-17)19(30)26-10-12-5-6-25-16(9-12)32-2/h3-6,8-9,29H,7,10H2,1-2H3,(H,26,30). The zero-order valence-corrected chi connectivity index (χ0v) is 17.6. The number of halogens is 2. The van der Waals surface area contributed by atoms with Gasteiger partial charge in [-0.3, -0.25) is 14.2 Å². The molecule has 0 radical (unpaired) electrons. The molecule has 170 valence electrons. The molecular formula is C22H18F2N4O5. The van der Waals surface area contributed by atoms with Crippen molar-refractivity contribution in [2.24, 2.45) is 7.05 Å². The van der Waals surface area contributed by atoms with Crippen LogP contribution in [0.4, 0.5) is 8.78 Å². The molecule has 0 aliphatic rings. The van der Waals surface area contributed by atoms with Crippen LogP contribution in [0.25, 0.3) is 11.2 Å². The van der Waals surface area contributed by atoms with Crippen LogP contribution in [0.15, 0.2) is 45.7 Å². The molecule has 0 aliphatic carbocycles. The fourth-order valence-corrected chi connectivity index (χ4v) is 3.27. The first-order valence-corrected chi connectivity index (χ1v) is 9.71. The topological polar surface area (TPSA) is 119 Å². The summed E-state index contributed by atoms with van der Waals surface area (Å²) in [6, 6.07) is 6.51. The van der Waals surface area contributed by atoms with Crippen molar-refractivity contribution in [3.8, 4) is 11.6 Å². The predicted molar refractivity (Wildman–Crippen MR) is 112 cm³/mol. The van der Waals surface area contributed by atoms with Gasteiger partial charge < -0.3 is 19.6 Å². The Balaban J connectivity index is 1.63. The van der Waals surface area contributed by atoms with Crippen molar-refractivity contribution in [1.29, 1.82) is 0 Å². The molecule has 33 heavy (non-hydrogen) atoms. The monoisotopic (exact) mass is 456 g/mol. The number of hydrogen-bond donors (Lipinski definition) is 2. The van der Waals surface area contributed by atoms with Gasteiger partial charge in [0, 0.05) is 32.3 Å². The number of hydrogen-bond acceptors (Lipinski definition) is 7. The van der Waals surface area contributed by atoms with Gasteiger partial charge in [-0.2, -0.15) is 4.98 Å². The lowest BCUT2D eigenvalue weighted by Gasteiger charge is -2.07. The smallest absolute Gasteiger partial charge is 0.307 e. The number of amides is 1. The summed E-state index contributed by atoms with van der Waals surface area (Å²) in [5.41, 5.74) is 0.0508. The molecule has 0 unspecified atom stereocenters. The van der Waals surface area contributed by atoms with Crippen molar-refractivity contribution in [2.75, 3.05) is 7.11 Å². The summed E-state index contributed by atoms with van der Waals surface area (Å²) in [6.07, 6.45) is 1.35. The highest BCUT2D eigenvalue weighted by molar-refractivity contribution is 5.93. The van der Waals surface area contributed by atoms with Gasteiger partial charge in [0.05, 0.1) is 12.7 Å². The van der Waals surface area contributed by atoms with E-state index in [0.29, 0.717) is 5.88 Å². The maximum absolute atomic E-state index is 13.5. The number of benzene rings is 1. The lowest BCUT2D eigenvalue weighted by Crippen LogP contribution is -2.23. The van der Waals surface area contributed by atoms with Crippen LogP contribution in [0.2, 0.25) is 0 Å². The highest BCUT2D eigenvalue weighted by Gasteiger charge is 2.23. The van der Waals surface area contributed by atoms with Gasteiger partial charge in [0.15, 0.2) is 22.9 Å². The summed E-state index contributed by atoms with van der Waals surface area (Å²) in [5.74, 6) is -3.24. The third-order valence-electron chi connectivity index (χ3n) is 5.01. The van der Waals surface area contributed by atoms with Crippen LogP contribution in [-0.2, 0) is 20.0 Å². The molecule has 9 nitrogen and oxygen atoms in total. The Bertz CT molecular complexity index is 1430. The number of nitrogens with one attached hydrogen (secondary N) is 1. The van der Waals surface area contributed by atoms with Gasteiger partial charge in [-0.05, 0) is 29.3 Å². The Morgan fingerprint density at radius 3 is 2.73 bits per heavy atom. The molecule has 3 aromatic heterocycles. The number of oxazole rings is 1. The lowest BCUT2D eigenvalue weighted by molar-refractivity contribution is 0.0918. The van der Waals surface area contributed by atoms with Gasteiger partial charge in [0.25, 0.3) is 11.4 Å². The van der Waals surface area contributed by atoms with Crippen LogP contribution >= 0.6 is 0 Å². The van der Waals surface area contributed by atoms with Gasteiger partial charge in [-0.15, -0.1) is 0 Å².